The molecule has 1 heterocycles. The van der Waals surface area contributed by atoms with E-state index in [1.807, 2.05) is 6.92 Å². The van der Waals surface area contributed by atoms with Crippen LogP contribution in [0.3, 0.4) is 0 Å². The summed E-state index contributed by atoms with van der Waals surface area (Å²) in [5.74, 6) is 0.331. The first-order chi connectivity index (χ1) is 9.60. The molecule has 0 saturated heterocycles. The van der Waals surface area contributed by atoms with Crippen molar-refractivity contribution < 1.29 is 9.59 Å². The third-order valence-corrected chi connectivity index (χ3v) is 5.15. The van der Waals surface area contributed by atoms with Crippen LogP contribution in [0.2, 0.25) is 0 Å². The molecule has 0 bridgehead atoms. The van der Waals surface area contributed by atoms with Gasteiger partial charge in [0.1, 0.15) is 5.78 Å². The maximum atomic E-state index is 12.5. The molecule has 0 spiro atoms. The molecule has 0 aromatic carbocycles. The first kappa shape index (κ1) is 14.7. The van der Waals surface area contributed by atoms with Crippen molar-refractivity contribution in [3.05, 3.63) is 11.3 Å². The number of hydrogen-bond donors (Lipinski definition) is 0. The van der Waals surface area contributed by atoms with Gasteiger partial charge in [0.05, 0.1) is 5.92 Å². The molecular weight excluding hydrogens is 262 g/mol. The standard InChI is InChI=1S/C18H25NO2/c1-10-15-11(6-17(2,3)8-13(15)20)19-12-7-18(4,5)9-14(21)16(10)12/h10,15H,6-9H2,1-5H3/t10-,15?/m0/s1. The largest absolute Gasteiger partial charge is 0.299 e. The monoisotopic (exact) mass is 287 g/mol. The van der Waals surface area contributed by atoms with Gasteiger partial charge in [-0.15, -0.1) is 0 Å². The molecule has 0 aromatic heterocycles. The van der Waals surface area contributed by atoms with Crippen molar-refractivity contribution in [2.24, 2.45) is 27.7 Å². The van der Waals surface area contributed by atoms with Crippen LogP contribution >= 0.6 is 0 Å². The van der Waals surface area contributed by atoms with Gasteiger partial charge < -0.3 is 0 Å². The predicted molar refractivity (Wildman–Crippen MR) is 83.2 cm³/mol. The molecule has 3 nitrogen and oxygen atoms in total. The molecule has 1 fully saturated rings. The van der Waals surface area contributed by atoms with Crippen LogP contribution in [0, 0.1) is 22.7 Å². The lowest BCUT2D eigenvalue weighted by molar-refractivity contribution is -0.125. The smallest absolute Gasteiger partial charge is 0.161 e. The van der Waals surface area contributed by atoms with E-state index in [-0.39, 0.29) is 34.2 Å². The molecule has 3 rings (SSSR count). The van der Waals surface area contributed by atoms with Crippen molar-refractivity contribution in [1.82, 2.24) is 0 Å². The summed E-state index contributed by atoms with van der Waals surface area (Å²) < 4.78 is 0. The Morgan fingerprint density at radius 1 is 0.952 bits per heavy atom. The second-order valence-electron chi connectivity index (χ2n) is 8.65. The number of aliphatic imine (C=N–C) groups is 1. The van der Waals surface area contributed by atoms with Gasteiger partial charge in [0, 0.05) is 35.7 Å². The van der Waals surface area contributed by atoms with Gasteiger partial charge in [0.15, 0.2) is 5.78 Å². The summed E-state index contributed by atoms with van der Waals surface area (Å²) >= 11 is 0. The molecule has 0 N–H and O–H groups in total. The van der Waals surface area contributed by atoms with Gasteiger partial charge in [-0.05, 0) is 23.7 Å². The third-order valence-electron chi connectivity index (χ3n) is 5.15. The summed E-state index contributed by atoms with van der Waals surface area (Å²) in [5, 5.41) is 0. The van der Waals surface area contributed by atoms with Gasteiger partial charge in [-0.25, -0.2) is 0 Å². The number of carbonyl (C=O) groups is 2. The Hall–Kier alpha value is -1.25. The van der Waals surface area contributed by atoms with Crippen molar-refractivity contribution in [1.29, 1.82) is 0 Å². The fourth-order valence-electron chi connectivity index (χ4n) is 4.37. The second-order valence-corrected chi connectivity index (χ2v) is 8.65. The van der Waals surface area contributed by atoms with E-state index in [0.717, 1.165) is 29.8 Å². The quantitative estimate of drug-likeness (QED) is 0.681. The van der Waals surface area contributed by atoms with Gasteiger partial charge >= 0.3 is 0 Å². The molecule has 3 aliphatic rings. The highest BCUT2D eigenvalue weighted by molar-refractivity contribution is 6.12. The van der Waals surface area contributed by atoms with Crippen LogP contribution in [0.15, 0.2) is 16.3 Å². The average molecular weight is 287 g/mol. The fourth-order valence-corrected chi connectivity index (χ4v) is 4.37. The molecule has 1 unspecified atom stereocenters. The Bertz CT molecular complexity index is 592. The summed E-state index contributed by atoms with van der Waals surface area (Å²) in [6.07, 6.45) is 2.90. The summed E-state index contributed by atoms with van der Waals surface area (Å²) in [5.41, 5.74) is 2.81. The number of rotatable bonds is 0. The van der Waals surface area contributed by atoms with Crippen LogP contribution in [0.1, 0.15) is 60.3 Å². The molecule has 21 heavy (non-hydrogen) atoms. The van der Waals surface area contributed by atoms with Crippen molar-refractivity contribution in [2.45, 2.75) is 60.3 Å². The van der Waals surface area contributed by atoms with E-state index in [4.69, 9.17) is 4.99 Å². The Balaban J connectivity index is 2.07. The highest BCUT2D eigenvalue weighted by Crippen LogP contribution is 2.47. The van der Waals surface area contributed by atoms with E-state index in [1.165, 1.54) is 0 Å². The van der Waals surface area contributed by atoms with Gasteiger partial charge in [-0.2, -0.15) is 0 Å². The van der Waals surface area contributed by atoms with Crippen molar-refractivity contribution in [3.63, 3.8) is 0 Å². The van der Waals surface area contributed by atoms with Crippen molar-refractivity contribution in [2.75, 3.05) is 0 Å². The number of hydrogen-bond acceptors (Lipinski definition) is 3. The average Bonchev–Trinajstić information content (AvgIpc) is 2.22. The minimum absolute atomic E-state index is 0.00159. The SMILES string of the molecule is C[C@@H]1C2=C(CC(C)(C)CC2=O)N=C2CC(C)(C)CC(=O)C21. The number of fused-ring (bicyclic) bond motifs is 1. The lowest BCUT2D eigenvalue weighted by atomic mass is 9.62. The minimum Gasteiger partial charge on any atom is -0.299 e. The molecule has 2 aliphatic carbocycles. The van der Waals surface area contributed by atoms with Gasteiger partial charge in [0.2, 0.25) is 0 Å². The molecular formula is C18H25NO2. The minimum atomic E-state index is -0.151. The van der Waals surface area contributed by atoms with Crippen LogP contribution in [0.4, 0.5) is 0 Å². The Morgan fingerprint density at radius 2 is 1.57 bits per heavy atom. The summed E-state index contributed by atoms with van der Waals surface area (Å²) in [6.45, 7) is 10.6. The lowest BCUT2D eigenvalue weighted by Crippen LogP contribution is -2.45. The normalized spacial score (nSPS) is 34.2. The second kappa shape index (κ2) is 4.37. The fraction of sp³-hybridized carbons (Fsp3) is 0.722. The van der Waals surface area contributed by atoms with Crippen LogP contribution in [0.5, 0.6) is 0 Å². The van der Waals surface area contributed by atoms with Gasteiger partial charge in [-0.1, -0.05) is 34.6 Å². The zero-order chi connectivity index (χ0) is 15.6. The maximum absolute atomic E-state index is 12.5. The number of nitrogens with zero attached hydrogens (tertiary/aromatic N) is 1. The van der Waals surface area contributed by atoms with E-state index >= 15 is 0 Å². The van der Waals surface area contributed by atoms with E-state index < -0.39 is 0 Å². The van der Waals surface area contributed by atoms with Crippen LogP contribution in [-0.4, -0.2) is 17.3 Å². The predicted octanol–water partition coefficient (Wildman–Crippen LogP) is 3.73. The molecule has 114 valence electrons. The molecule has 1 aliphatic heterocycles. The highest BCUT2D eigenvalue weighted by atomic mass is 16.1. The first-order valence-corrected chi connectivity index (χ1v) is 7.96. The maximum Gasteiger partial charge on any atom is 0.161 e. The van der Waals surface area contributed by atoms with Crippen molar-refractivity contribution in [3.8, 4) is 0 Å². The molecule has 0 aromatic rings. The van der Waals surface area contributed by atoms with E-state index in [1.54, 1.807) is 0 Å². The third kappa shape index (κ3) is 2.41. The molecule has 0 radical (unpaired) electrons. The van der Waals surface area contributed by atoms with Gasteiger partial charge in [-0.3, -0.25) is 14.6 Å². The highest BCUT2D eigenvalue weighted by Gasteiger charge is 2.47. The Kier molecular flexibility index (Phi) is 3.06. The molecule has 1 saturated carbocycles. The summed E-state index contributed by atoms with van der Waals surface area (Å²) in [6, 6.07) is 0. The summed E-state index contributed by atoms with van der Waals surface area (Å²) in [4.78, 5) is 29.9. The molecule has 0 amide bonds. The Labute approximate surface area is 126 Å². The Morgan fingerprint density at radius 3 is 2.24 bits per heavy atom. The number of allylic oxidation sites excluding steroid dienone is 2. The van der Waals surface area contributed by atoms with E-state index in [9.17, 15) is 9.59 Å². The zero-order valence-electron chi connectivity index (χ0n) is 13.7. The van der Waals surface area contributed by atoms with E-state index in [2.05, 4.69) is 27.7 Å². The number of carbonyl (C=O) groups excluding carboxylic acids is 2. The lowest BCUT2D eigenvalue weighted by Gasteiger charge is -2.43. The molecule has 2 atom stereocenters. The first-order valence-electron chi connectivity index (χ1n) is 7.96. The van der Waals surface area contributed by atoms with Crippen LogP contribution < -0.4 is 0 Å². The summed E-state index contributed by atoms with van der Waals surface area (Å²) in [7, 11) is 0. The van der Waals surface area contributed by atoms with Gasteiger partial charge in [0.25, 0.3) is 0 Å². The molecule has 3 heteroatoms. The number of ketones is 2. The van der Waals surface area contributed by atoms with Crippen LogP contribution in [0.25, 0.3) is 0 Å². The van der Waals surface area contributed by atoms with Crippen LogP contribution in [-0.2, 0) is 9.59 Å². The zero-order valence-corrected chi connectivity index (χ0v) is 13.7. The number of Topliss-reactive ketones (excluding diaryl/α,β-unsaturated/α-hetero) is 2. The van der Waals surface area contributed by atoms with Crippen molar-refractivity contribution >= 4 is 17.3 Å². The topological polar surface area (TPSA) is 46.5 Å². The van der Waals surface area contributed by atoms with E-state index in [0.29, 0.717) is 12.8 Å².